The minimum atomic E-state index is -0.348. The van der Waals surface area contributed by atoms with Crippen molar-refractivity contribution in [1.29, 1.82) is 5.26 Å². The van der Waals surface area contributed by atoms with Crippen molar-refractivity contribution in [2.24, 2.45) is 0 Å². The lowest BCUT2D eigenvalue weighted by Gasteiger charge is -2.11. The van der Waals surface area contributed by atoms with Gasteiger partial charge in [-0.15, -0.1) is 5.10 Å². The van der Waals surface area contributed by atoms with E-state index in [-0.39, 0.29) is 5.82 Å². The Kier molecular flexibility index (Phi) is 4.20. The van der Waals surface area contributed by atoms with E-state index in [2.05, 4.69) is 26.6 Å². The van der Waals surface area contributed by atoms with Gasteiger partial charge in [-0.05, 0) is 37.1 Å². The number of halogens is 1. The predicted octanol–water partition coefficient (Wildman–Crippen LogP) is 2.90. The molecule has 0 spiro atoms. The monoisotopic (exact) mass is 322 g/mol. The Morgan fingerprint density at radius 1 is 1.29 bits per heavy atom. The molecule has 3 aromatic rings. The first-order chi connectivity index (χ1) is 11.6. The quantitative estimate of drug-likeness (QED) is 0.799. The second kappa shape index (κ2) is 6.46. The smallest absolute Gasteiger partial charge is 0.167 e. The molecule has 2 heterocycles. The lowest BCUT2D eigenvalue weighted by Crippen LogP contribution is -2.08. The predicted molar refractivity (Wildman–Crippen MR) is 87.1 cm³/mol. The van der Waals surface area contributed by atoms with E-state index in [9.17, 15) is 9.65 Å². The summed E-state index contributed by atoms with van der Waals surface area (Å²) in [5.41, 5.74) is 3.13. The van der Waals surface area contributed by atoms with Crippen molar-refractivity contribution in [2.45, 2.75) is 20.4 Å². The minimum Gasteiger partial charge on any atom is -0.363 e. The molecule has 0 fully saturated rings. The van der Waals surface area contributed by atoms with Crippen LogP contribution in [0.5, 0.6) is 0 Å². The Labute approximate surface area is 138 Å². The maximum atomic E-state index is 14.2. The molecule has 0 aliphatic heterocycles. The van der Waals surface area contributed by atoms with E-state index >= 15 is 0 Å². The van der Waals surface area contributed by atoms with Crippen molar-refractivity contribution in [3.8, 4) is 11.8 Å². The number of aryl methyl sites for hydroxylation is 1. The summed E-state index contributed by atoms with van der Waals surface area (Å²) in [6, 6.07) is 7.08. The fourth-order valence-corrected chi connectivity index (χ4v) is 2.33. The molecule has 1 aromatic carbocycles. The molecular formula is C17H15FN6. The van der Waals surface area contributed by atoms with Crippen molar-refractivity contribution in [3.63, 3.8) is 0 Å². The molecule has 6 nitrogen and oxygen atoms in total. The molecule has 120 valence electrons. The van der Waals surface area contributed by atoms with Gasteiger partial charge >= 0.3 is 0 Å². The number of hydrogen-bond acceptors (Lipinski definition) is 5. The largest absolute Gasteiger partial charge is 0.363 e. The Balaban J connectivity index is 1.80. The third kappa shape index (κ3) is 2.94. The lowest BCUT2D eigenvalue weighted by atomic mass is 10.1. The average Bonchev–Trinajstić information content (AvgIpc) is 3.10. The van der Waals surface area contributed by atoms with Crippen LogP contribution in [0.3, 0.4) is 0 Å². The molecule has 0 amide bonds. The highest BCUT2D eigenvalue weighted by molar-refractivity contribution is 5.56. The van der Waals surface area contributed by atoms with Crippen molar-refractivity contribution in [1.82, 2.24) is 19.7 Å². The first-order valence-electron chi connectivity index (χ1n) is 7.34. The van der Waals surface area contributed by atoms with Gasteiger partial charge in [-0.1, -0.05) is 6.07 Å². The van der Waals surface area contributed by atoms with E-state index < -0.39 is 0 Å². The lowest BCUT2D eigenvalue weighted by molar-refractivity contribution is 0.616. The number of anilines is 1. The summed E-state index contributed by atoms with van der Waals surface area (Å²) >= 11 is 0. The zero-order chi connectivity index (χ0) is 17.1. The second-order valence-electron chi connectivity index (χ2n) is 5.36. The van der Waals surface area contributed by atoms with Gasteiger partial charge in [-0.2, -0.15) is 10.4 Å². The maximum absolute atomic E-state index is 14.2. The van der Waals surface area contributed by atoms with Crippen LogP contribution in [0, 0.1) is 31.0 Å². The third-order valence-electron chi connectivity index (χ3n) is 3.82. The van der Waals surface area contributed by atoms with Gasteiger partial charge in [-0.3, -0.25) is 0 Å². The molecule has 0 saturated carbocycles. The zero-order valence-electron chi connectivity index (χ0n) is 13.3. The summed E-state index contributed by atoms with van der Waals surface area (Å²) in [4.78, 5) is 3.91. The molecule has 0 saturated heterocycles. The van der Waals surface area contributed by atoms with Crippen molar-refractivity contribution in [3.05, 3.63) is 65.1 Å². The highest BCUT2D eigenvalue weighted by atomic mass is 19.1. The van der Waals surface area contributed by atoms with Crippen molar-refractivity contribution < 1.29 is 4.39 Å². The van der Waals surface area contributed by atoms with Gasteiger partial charge in [0.2, 0.25) is 0 Å². The van der Waals surface area contributed by atoms with E-state index in [1.54, 1.807) is 36.3 Å². The highest BCUT2D eigenvalue weighted by Crippen LogP contribution is 2.19. The number of rotatable bonds is 4. The van der Waals surface area contributed by atoms with Crippen LogP contribution >= 0.6 is 0 Å². The van der Waals surface area contributed by atoms with E-state index in [0.717, 1.165) is 11.1 Å². The van der Waals surface area contributed by atoms with Gasteiger partial charge in [0.1, 0.15) is 17.4 Å². The molecule has 3 rings (SSSR count). The van der Waals surface area contributed by atoms with Crippen LogP contribution in [-0.4, -0.2) is 19.7 Å². The maximum Gasteiger partial charge on any atom is 0.167 e. The molecule has 0 atom stereocenters. The van der Waals surface area contributed by atoms with Gasteiger partial charge in [0.25, 0.3) is 0 Å². The van der Waals surface area contributed by atoms with Crippen LogP contribution in [0.25, 0.3) is 5.69 Å². The number of hydrogen-bond donors (Lipinski definition) is 1. The molecular weight excluding hydrogens is 307 g/mol. The molecule has 0 unspecified atom stereocenters. The average molecular weight is 322 g/mol. The third-order valence-corrected chi connectivity index (χ3v) is 3.82. The van der Waals surface area contributed by atoms with Crippen LogP contribution in [0.15, 0.2) is 36.9 Å². The summed E-state index contributed by atoms with van der Waals surface area (Å²) < 4.78 is 15.9. The molecule has 0 aliphatic carbocycles. The van der Waals surface area contributed by atoms with Crippen molar-refractivity contribution >= 4 is 5.82 Å². The van der Waals surface area contributed by atoms with Crippen LogP contribution in [0.1, 0.15) is 22.4 Å². The zero-order valence-corrected chi connectivity index (χ0v) is 13.3. The second-order valence-corrected chi connectivity index (χ2v) is 5.36. The Morgan fingerprint density at radius 2 is 2.12 bits per heavy atom. The molecule has 2 aromatic heterocycles. The number of aromatic nitrogens is 4. The number of nitriles is 1. The number of nitrogens with one attached hydrogen (secondary N) is 1. The molecule has 0 aliphatic rings. The van der Waals surface area contributed by atoms with Gasteiger partial charge in [-0.25, -0.2) is 9.37 Å². The summed E-state index contributed by atoms with van der Waals surface area (Å²) in [7, 11) is 0. The summed E-state index contributed by atoms with van der Waals surface area (Å²) in [6.07, 6.45) is 4.82. The molecule has 1 N–H and O–H groups in total. The molecule has 0 radical (unpaired) electrons. The summed E-state index contributed by atoms with van der Waals surface area (Å²) in [5, 5.41) is 20.4. The van der Waals surface area contributed by atoms with Gasteiger partial charge in [0.05, 0.1) is 17.7 Å². The first-order valence-corrected chi connectivity index (χ1v) is 7.34. The number of imidazole rings is 1. The van der Waals surface area contributed by atoms with Gasteiger partial charge in [0.15, 0.2) is 5.82 Å². The van der Waals surface area contributed by atoms with Crippen LogP contribution in [0.4, 0.5) is 10.2 Å². The first kappa shape index (κ1) is 15.6. The molecule has 24 heavy (non-hydrogen) atoms. The van der Waals surface area contributed by atoms with E-state index in [0.29, 0.717) is 29.3 Å². The summed E-state index contributed by atoms with van der Waals surface area (Å²) in [6.45, 7) is 3.97. The van der Waals surface area contributed by atoms with Gasteiger partial charge in [0, 0.05) is 18.9 Å². The minimum absolute atomic E-state index is 0.340. The number of benzene rings is 1. The van der Waals surface area contributed by atoms with E-state index in [1.807, 2.05) is 13.0 Å². The Hall–Kier alpha value is -3.27. The van der Waals surface area contributed by atoms with Crippen molar-refractivity contribution in [2.75, 3.05) is 5.32 Å². The fraction of sp³-hybridized carbons (Fsp3) is 0.176. The standard InChI is InChI=1S/C17H15FN6/c1-11-12(2)22-23-17(14(11)8-19)21-9-13-3-4-16(15(18)7-13)24-6-5-20-10-24/h3-7,10H,9H2,1-2H3,(H,21,23). The highest BCUT2D eigenvalue weighted by Gasteiger charge is 2.11. The summed E-state index contributed by atoms with van der Waals surface area (Å²) in [5.74, 6) is 0.0543. The SMILES string of the molecule is Cc1nnc(NCc2ccc(-n3ccnc3)c(F)c2)c(C#N)c1C. The van der Waals surface area contributed by atoms with Crippen LogP contribution in [0.2, 0.25) is 0 Å². The van der Waals surface area contributed by atoms with Crippen LogP contribution < -0.4 is 5.32 Å². The van der Waals surface area contributed by atoms with E-state index in [4.69, 9.17) is 0 Å². The number of nitrogens with zero attached hydrogens (tertiary/aromatic N) is 5. The van der Waals surface area contributed by atoms with E-state index in [1.165, 1.54) is 6.07 Å². The molecule has 0 bridgehead atoms. The fourth-order valence-electron chi connectivity index (χ4n) is 2.33. The van der Waals surface area contributed by atoms with Gasteiger partial charge < -0.3 is 9.88 Å². The molecule has 7 heteroatoms. The Bertz CT molecular complexity index is 912. The Morgan fingerprint density at radius 3 is 2.79 bits per heavy atom. The topological polar surface area (TPSA) is 79.4 Å². The normalized spacial score (nSPS) is 10.4. The van der Waals surface area contributed by atoms with Crippen LogP contribution in [-0.2, 0) is 6.54 Å².